The number of nitrogens with one attached hydrogen (secondary N) is 2. The maximum Gasteiger partial charge on any atom is 0.259 e. The number of carbonyl (C=O) groups is 1. The predicted octanol–water partition coefficient (Wildman–Crippen LogP) is 1.96. The van der Waals surface area contributed by atoms with E-state index in [0.29, 0.717) is 24.2 Å². The fraction of sp³-hybridized carbons (Fsp3) is 0.588. The van der Waals surface area contributed by atoms with Crippen LogP contribution >= 0.6 is 11.3 Å². The minimum absolute atomic E-state index is 0.128. The molecular weight excluding hydrogens is 326 g/mol. The van der Waals surface area contributed by atoms with E-state index in [0.717, 1.165) is 41.0 Å². The van der Waals surface area contributed by atoms with Crippen LogP contribution in [0.25, 0.3) is 10.2 Å². The molecule has 130 valence electrons. The molecule has 0 spiro atoms. The van der Waals surface area contributed by atoms with E-state index in [1.807, 2.05) is 13.8 Å². The van der Waals surface area contributed by atoms with E-state index in [1.54, 1.807) is 0 Å². The molecule has 6 nitrogen and oxygen atoms in total. The Morgan fingerprint density at radius 3 is 2.79 bits per heavy atom. The molecule has 2 aromatic heterocycles. The predicted molar refractivity (Wildman–Crippen MR) is 94.5 cm³/mol. The highest BCUT2D eigenvalue weighted by molar-refractivity contribution is 7.18. The van der Waals surface area contributed by atoms with Crippen molar-refractivity contribution in [3.8, 4) is 0 Å². The number of carbonyl (C=O) groups excluding carboxylic acids is 1. The van der Waals surface area contributed by atoms with Crippen molar-refractivity contribution in [3.63, 3.8) is 0 Å². The zero-order valence-corrected chi connectivity index (χ0v) is 14.9. The third kappa shape index (κ3) is 3.52. The summed E-state index contributed by atoms with van der Waals surface area (Å²) in [6, 6.07) is 0. The van der Waals surface area contributed by atoms with Gasteiger partial charge in [0.25, 0.3) is 5.56 Å². The van der Waals surface area contributed by atoms with E-state index < -0.39 is 5.60 Å². The summed E-state index contributed by atoms with van der Waals surface area (Å²) in [6.07, 6.45) is 4.14. The maximum atomic E-state index is 12.2. The summed E-state index contributed by atoms with van der Waals surface area (Å²) in [5.74, 6) is 0.403. The molecule has 1 amide bonds. The quantitative estimate of drug-likeness (QED) is 0.769. The number of thiophene rings is 1. The van der Waals surface area contributed by atoms with Gasteiger partial charge in [0, 0.05) is 24.3 Å². The number of hydrogen-bond acceptors (Lipinski definition) is 5. The molecule has 7 heteroatoms. The summed E-state index contributed by atoms with van der Waals surface area (Å²) < 4.78 is 0. The molecule has 0 unspecified atom stereocenters. The number of hydrogen-bond donors (Lipinski definition) is 3. The number of H-pyrrole nitrogens is 1. The van der Waals surface area contributed by atoms with Crippen LogP contribution in [0.3, 0.4) is 0 Å². The monoisotopic (exact) mass is 349 g/mol. The molecule has 0 aliphatic heterocycles. The summed E-state index contributed by atoms with van der Waals surface area (Å²) in [7, 11) is 0. The number of rotatable bonds is 5. The van der Waals surface area contributed by atoms with Crippen molar-refractivity contribution in [1.29, 1.82) is 0 Å². The zero-order valence-electron chi connectivity index (χ0n) is 14.1. The topological polar surface area (TPSA) is 95.1 Å². The fourth-order valence-corrected chi connectivity index (χ4v) is 4.26. The molecule has 1 aliphatic carbocycles. The van der Waals surface area contributed by atoms with E-state index in [2.05, 4.69) is 15.3 Å². The lowest BCUT2D eigenvalue weighted by atomic mass is 10.0. The van der Waals surface area contributed by atoms with E-state index >= 15 is 0 Å². The number of fused-ring (bicyclic) bond motifs is 1. The minimum Gasteiger partial charge on any atom is -0.388 e. The second kappa shape index (κ2) is 6.64. The lowest BCUT2D eigenvalue weighted by molar-refractivity contribution is -0.122. The summed E-state index contributed by atoms with van der Waals surface area (Å²) in [4.78, 5) is 33.2. The van der Waals surface area contributed by atoms with Gasteiger partial charge in [0.1, 0.15) is 10.7 Å². The zero-order chi connectivity index (χ0) is 17.3. The van der Waals surface area contributed by atoms with Gasteiger partial charge in [0.15, 0.2) is 0 Å². The van der Waals surface area contributed by atoms with Crippen LogP contribution in [0.15, 0.2) is 4.79 Å². The average molecular weight is 349 g/mol. The molecular formula is C17H23N3O3S. The van der Waals surface area contributed by atoms with Crippen LogP contribution in [-0.4, -0.2) is 33.1 Å². The van der Waals surface area contributed by atoms with E-state index in [-0.39, 0.29) is 17.9 Å². The number of aryl methyl sites for hydroxylation is 3. The molecule has 24 heavy (non-hydrogen) atoms. The van der Waals surface area contributed by atoms with Crippen molar-refractivity contribution >= 4 is 27.5 Å². The van der Waals surface area contributed by atoms with Crippen molar-refractivity contribution in [2.24, 2.45) is 0 Å². The Labute approximate surface area is 144 Å². The Kier molecular flexibility index (Phi) is 4.73. The summed E-state index contributed by atoms with van der Waals surface area (Å²) in [5.41, 5.74) is 0.0862. The molecule has 0 aromatic carbocycles. The lowest BCUT2D eigenvalue weighted by Crippen LogP contribution is -2.40. The highest BCUT2D eigenvalue weighted by Gasteiger charge is 2.31. The highest BCUT2D eigenvalue weighted by Crippen LogP contribution is 2.28. The van der Waals surface area contributed by atoms with Gasteiger partial charge in [0.05, 0.1) is 11.0 Å². The maximum absolute atomic E-state index is 12.2. The first kappa shape index (κ1) is 17.1. The minimum atomic E-state index is -0.743. The highest BCUT2D eigenvalue weighted by atomic mass is 32.1. The number of amides is 1. The number of aromatic nitrogens is 2. The van der Waals surface area contributed by atoms with E-state index in [1.165, 1.54) is 11.3 Å². The molecule has 3 rings (SSSR count). The first-order valence-electron chi connectivity index (χ1n) is 8.36. The Morgan fingerprint density at radius 1 is 1.38 bits per heavy atom. The van der Waals surface area contributed by atoms with Crippen LogP contribution in [0.4, 0.5) is 0 Å². The summed E-state index contributed by atoms with van der Waals surface area (Å²) in [5, 5.41) is 13.7. The Bertz CT molecular complexity index is 818. The van der Waals surface area contributed by atoms with Gasteiger partial charge in [-0.15, -0.1) is 11.3 Å². The Balaban J connectivity index is 1.61. The van der Waals surface area contributed by atoms with Crippen LogP contribution in [-0.2, 0) is 11.2 Å². The molecule has 1 aliphatic rings. The molecule has 0 radical (unpaired) electrons. The van der Waals surface area contributed by atoms with Gasteiger partial charge < -0.3 is 15.4 Å². The average Bonchev–Trinajstić information content (AvgIpc) is 3.08. The normalized spacial score (nSPS) is 16.6. The summed E-state index contributed by atoms with van der Waals surface area (Å²) >= 11 is 1.50. The molecule has 0 atom stereocenters. The molecule has 1 fully saturated rings. The smallest absolute Gasteiger partial charge is 0.259 e. The van der Waals surface area contributed by atoms with Gasteiger partial charge in [-0.1, -0.05) is 12.8 Å². The van der Waals surface area contributed by atoms with Gasteiger partial charge in [-0.25, -0.2) is 4.98 Å². The first-order chi connectivity index (χ1) is 11.4. The Hall–Kier alpha value is -1.73. The van der Waals surface area contributed by atoms with E-state index in [4.69, 9.17) is 0 Å². The van der Waals surface area contributed by atoms with Crippen LogP contribution in [0.2, 0.25) is 0 Å². The number of aliphatic hydroxyl groups is 1. The third-order valence-electron chi connectivity index (χ3n) is 4.83. The second-order valence-corrected chi connectivity index (χ2v) is 7.89. The third-order valence-corrected chi connectivity index (χ3v) is 5.93. The fourth-order valence-electron chi connectivity index (χ4n) is 3.21. The standard InChI is InChI=1S/C17H23N3O3S/c1-10-11(2)24-16-14(10)15(22)19-12(20-16)5-6-13(21)18-9-17(23)7-3-4-8-17/h23H,3-9H2,1-2H3,(H,18,21)(H,19,20,22). The first-order valence-corrected chi connectivity index (χ1v) is 9.18. The van der Waals surface area contributed by atoms with Crippen LogP contribution < -0.4 is 10.9 Å². The molecule has 0 saturated heterocycles. The van der Waals surface area contributed by atoms with Crippen LogP contribution in [0, 0.1) is 13.8 Å². The van der Waals surface area contributed by atoms with Gasteiger partial charge >= 0.3 is 0 Å². The molecule has 3 N–H and O–H groups in total. The van der Waals surface area contributed by atoms with Crippen LogP contribution in [0.1, 0.15) is 48.4 Å². The van der Waals surface area contributed by atoms with Crippen LogP contribution in [0.5, 0.6) is 0 Å². The number of nitrogens with zero attached hydrogens (tertiary/aromatic N) is 1. The second-order valence-electron chi connectivity index (χ2n) is 6.68. The SMILES string of the molecule is Cc1sc2nc(CCC(=O)NCC3(O)CCCC3)[nH]c(=O)c2c1C. The van der Waals surface area contributed by atoms with Crippen molar-refractivity contribution in [2.75, 3.05) is 6.54 Å². The molecule has 0 bridgehead atoms. The van der Waals surface area contributed by atoms with Gasteiger partial charge in [-0.05, 0) is 32.3 Å². The van der Waals surface area contributed by atoms with Gasteiger partial charge in [-0.3, -0.25) is 9.59 Å². The van der Waals surface area contributed by atoms with Crippen molar-refractivity contribution < 1.29 is 9.90 Å². The van der Waals surface area contributed by atoms with Crippen molar-refractivity contribution in [2.45, 2.75) is 58.0 Å². The van der Waals surface area contributed by atoms with Crippen molar-refractivity contribution in [3.05, 3.63) is 26.6 Å². The number of aromatic amines is 1. The largest absolute Gasteiger partial charge is 0.388 e. The molecule has 2 aromatic rings. The lowest BCUT2D eigenvalue weighted by Gasteiger charge is -2.22. The molecule has 2 heterocycles. The van der Waals surface area contributed by atoms with Crippen molar-refractivity contribution in [1.82, 2.24) is 15.3 Å². The summed E-state index contributed by atoms with van der Waals surface area (Å²) in [6.45, 7) is 4.20. The molecule has 1 saturated carbocycles. The van der Waals surface area contributed by atoms with Gasteiger partial charge in [0.2, 0.25) is 5.91 Å². The van der Waals surface area contributed by atoms with Gasteiger partial charge in [-0.2, -0.15) is 0 Å². The van der Waals surface area contributed by atoms with E-state index in [9.17, 15) is 14.7 Å². The Morgan fingerprint density at radius 2 is 2.08 bits per heavy atom.